The lowest BCUT2D eigenvalue weighted by molar-refractivity contribution is 0.340. The molecule has 0 fully saturated rings. The van der Waals surface area contributed by atoms with Crippen molar-refractivity contribution >= 4 is 17.3 Å². The molecule has 0 spiro atoms. The molecular formula is C16H17ClFNO. The molecule has 0 heterocycles. The van der Waals surface area contributed by atoms with Crippen LogP contribution in [0.4, 0.5) is 10.1 Å². The minimum absolute atomic E-state index is 0.308. The summed E-state index contributed by atoms with van der Waals surface area (Å²) in [6.07, 6.45) is 0. The van der Waals surface area contributed by atoms with Gasteiger partial charge in [0.05, 0.1) is 12.3 Å². The van der Waals surface area contributed by atoms with Gasteiger partial charge in [-0.05, 0) is 43.2 Å². The zero-order chi connectivity index (χ0) is 14.5. The van der Waals surface area contributed by atoms with Crippen molar-refractivity contribution in [3.8, 4) is 5.75 Å². The van der Waals surface area contributed by atoms with Gasteiger partial charge in [-0.3, -0.25) is 0 Å². The zero-order valence-electron chi connectivity index (χ0n) is 11.5. The van der Waals surface area contributed by atoms with E-state index in [1.165, 1.54) is 12.1 Å². The summed E-state index contributed by atoms with van der Waals surface area (Å²) < 4.78 is 18.6. The van der Waals surface area contributed by atoms with Gasteiger partial charge in [-0.15, -0.1) is 0 Å². The van der Waals surface area contributed by atoms with Crippen molar-refractivity contribution in [3.63, 3.8) is 0 Å². The van der Waals surface area contributed by atoms with E-state index in [9.17, 15) is 4.39 Å². The second-order valence-corrected chi connectivity index (χ2v) is 4.92. The van der Waals surface area contributed by atoms with E-state index in [1.54, 1.807) is 6.07 Å². The second-order valence-electron chi connectivity index (χ2n) is 4.51. The van der Waals surface area contributed by atoms with Gasteiger partial charge >= 0.3 is 0 Å². The van der Waals surface area contributed by atoms with E-state index in [0.29, 0.717) is 18.9 Å². The lowest BCUT2D eigenvalue weighted by Gasteiger charge is -2.13. The van der Waals surface area contributed by atoms with E-state index >= 15 is 0 Å². The minimum atomic E-state index is -0.308. The van der Waals surface area contributed by atoms with Crippen molar-refractivity contribution in [2.45, 2.75) is 20.4 Å². The molecule has 106 valence electrons. The average molecular weight is 294 g/mol. The molecule has 1 N–H and O–H groups in total. The summed E-state index contributed by atoms with van der Waals surface area (Å²) in [5, 5.41) is 3.98. The van der Waals surface area contributed by atoms with Crippen LogP contribution in [0, 0.1) is 12.7 Å². The Morgan fingerprint density at radius 1 is 1.20 bits per heavy atom. The molecule has 0 aliphatic carbocycles. The van der Waals surface area contributed by atoms with Crippen LogP contribution in [0.15, 0.2) is 36.4 Å². The Morgan fingerprint density at radius 3 is 2.70 bits per heavy atom. The number of aryl methyl sites for hydroxylation is 1. The van der Waals surface area contributed by atoms with E-state index in [1.807, 2.05) is 32.0 Å². The Balaban J connectivity index is 2.11. The standard InChI is InChI=1S/C16H17ClFNO/c1-3-20-16-9-13(18)6-7-15(16)19-10-12-5-4-11(2)14(17)8-12/h4-9,19H,3,10H2,1-2H3. The summed E-state index contributed by atoms with van der Waals surface area (Å²) in [7, 11) is 0. The monoisotopic (exact) mass is 293 g/mol. The predicted octanol–water partition coefficient (Wildman–Crippen LogP) is 4.80. The number of hydrogen-bond donors (Lipinski definition) is 1. The Hall–Kier alpha value is -1.74. The fraction of sp³-hybridized carbons (Fsp3) is 0.250. The number of halogens is 2. The first-order valence-corrected chi connectivity index (χ1v) is 6.89. The summed E-state index contributed by atoms with van der Waals surface area (Å²) in [5.41, 5.74) is 2.88. The highest BCUT2D eigenvalue weighted by atomic mass is 35.5. The maximum absolute atomic E-state index is 13.2. The Labute approximate surface area is 123 Å². The van der Waals surface area contributed by atoms with E-state index in [-0.39, 0.29) is 5.82 Å². The van der Waals surface area contributed by atoms with Gasteiger partial charge in [0, 0.05) is 17.6 Å². The largest absolute Gasteiger partial charge is 0.492 e. The maximum Gasteiger partial charge on any atom is 0.145 e. The first-order valence-electron chi connectivity index (χ1n) is 6.51. The minimum Gasteiger partial charge on any atom is -0.492 e. The Kier molecular flexibility index (Phi) is 4.85. The SMILES string of the molecule is CCOc1cc(F)ccc1NCc1ccc(C)c(Cl)c1. The van der Waals surface area contributed by atoms with Crippen molar-refractivity contribution < 1.29 is 9.13 Å². The highest BCUT2D eigenvalue weighted by molar-refractivity contribution is 6.31. The first kappa shape index (κ1) is 14.7. The van der Waals surface area contributed by atoms with Crippen LogP contribution in [0.5, 0.6) is 5.75 Å². The van der Waals surface area contributed by atoms with Gasteiger partial charge in [0.1, 0.15) is 11.6 Å². The van der Waals surface area contributed by atoms with Crippen LogP contribution in [0.2, 0.25) is 5.02 Å². The van der Waals surface area contributed by atoms with Crippen LogP contribution in [-0.2, 0) is 6.54 Å². The molecule has 0 aliphatic rings. The van der Waals surface area contributed by atoms with E-state index in [2.05, 4.69) is 5.32 Å². The van der Waals surface area contributed by atoms with E-state index in [0.717, 1.165) is 21.8 Å². The number of benzene rings is 2. The fourth-order valence-corrected chi connectivity index (χ4v) is 2.06. The van der Waals surface area contributed by atoms with Crippen molar-refractivity contribution in [2.75, 3.05) is 11.9 Å². The van der Waals surface area contributed by atoms with Crippen LogP contribution in [0.1, 0.15) is 18.1 Å². The molecule has 0 aliphatic heterocycles. The van der Waals surface area contributed by atoms with Crippen LogP contribution in [-0.4, -0.2) is 6.61 Å². The average Bonchev–Trinajstić information content (AvgIpc) is 2.42. The molecule has 0 amide bonds. The Bertz CT molecular complexity index is 601. The van der Waals surface area contributed by atoms with Crippen molar-refractivity contribution in [3.05, 3.63) is 58.4 Å². The van der Waals surface area contributed by atoms with E-state index in [4.69, 9.17) is 16.3 Å². The zero-order valence-corrected chi connectivity index (χ0v) is 12.3. The summed E-state index contributed by atoms with van der Waals surface area (Å²) in [4.78, 5) is 0. The predicted molar refractivity (Wildman–Crippen MR) is 81.1 cm³/mol. The molecule has 2 aromatic rings. The molecule has 20 heavy (non-hydrogen) atoms. The molecular weight excluding hydrogens is 277 g/mol. The molecule has 0 atom stereocenters. The summed E-state index contributed by atoms with van der Waals surface area (Å²) in [6, 6.07) is 10.4. The molecule has 2 nitrogen and oxygen atoms in total. The number of nitrogens with one attached hydrogen (secondary N) is 1. The van der Waals surface area contributed by atoms with Gasteiger partial charge in [0.25, 0.3) is 0 Å². The van der Waals surface area contributed by atoms with Gasteiger partial charge in [0.15, 0.2) is 0 Å². The fourth-order valence-electron chi connectivity index (χ4n) is 1.86. The van der Waals surface area contributed by atoms with Crippen molar-refractivity contribution in [1.29, 1.82) is 0 Å². The topological polar surface area (TPSA) is 21.3 Å². The third kappa shape index (κ3) is 3.64. The number of rotatable bonds is 5. The van der Waals surface area contributed by atoms with Crippen LogP contribution in [0.25, 0.3) is 0 Å². The second kappa shape index (κ2) is 6.62. The first-order chi connectivity index (χ1) is 9.60. The molecule has 0 saturated carbocycles. The highest BCUT2D eigenvalue weighted by Gasteiger charge is 2.05. The van der Waals surface area contributed by atoms with Gasteiger partial charge in [-0.25, -0.2) is 4.39 Å². The lowest BCUT2D eigenvalue weighted by atomic mass is 10.1. The molecule has 4 heteroatoms. The van der Waals surface area contributed by atoms with Gasteiger partial charge in [-0.2, -0.15) is 0 Å². The quantitative estimate of drug-likeness (QED) is 0.855. The maximum atomic E-state index is 13.2. The molecule has 0 unspecified atom stereocenters. The molecule has 2 aromatic carbocycles. The molecule has 0 saturated heterocycles. The third-order valence-electron chi connectivity index (χ3n) is 2.96. The molecule has 2 rings (SSSR count). The third-order valence-corrected chi connectivity index (χ3v) is 3.37. The van der Waals surface area contributed by atoms with Crippen molar-refractivity contribution in [2.24, 2.45) is 0 Å². The van der Waals surface area contributed by atoms with E-state index < -0.39 is 0 Å². The molecule has 0 bridgehead atoms. The highest BCUT2D eigenvalue weighted by Crippen LogP contribution is 2.26. The molecule has 0 aromatic heterocycles. The van der Waals surface area contributed by atoms with Crippen LogP contribution >= 0.6 is 11.6 Å². The number of hydrogen-bond acceptors (Lipinski definition) is 2. The molecule has 0 radical (unpaired) electrons. The number of ether oxygens (including phenoxy) is 1. The normalized spacial score (nSPS) is 10.4. The smallest absolute Gasteiger partial charge is 0.145 e. The Morgan fingerprint density at radius 2 is 2.00 bits per heavy atom. The van der Waals surface area contributed by atoms with Gasteiger partial charge in [0.2, 0.25) is 0 Å². The number of anilines is 1. The summed E-state index contributed by atoms with van der Waals surface area (Å²) in [5.74, 6) is 0.211. The van der Waals surface area contributed by atoms with Gasteiger partial charge in [-0.1, -0.05) is 23.7 Å². The van der Waals surface area contributed by atoms with Gasteiger partial charge < -0.3 is 10.1 Å². The summed E-state index contributed by atoms with van der Waals surface area (Å²) in [6.45, 7) is 4.93. The lowest BCUT2D eigenvalue weighted by Crippen LogP contribution is -2.03. The van der Waals surface area contributed by atoms with Crippen LogP contribution in [0.3, 0.4) is 0 Å². The summed E-state index contributed by atoms with van der Waals surface area (Å²) >= 11 is 6.10. The van der Waals surface area contributed by atoms with Crippen LogP contribution < -0.4 is 10.1 Å². The van der Waals surface area contributed by atoms with Crippen molar-refractivity contribution in [1.82, 2.24) is 0 Å².